The Hall–Kier alpha value is -3.85. The molecule has 5 rings (SSSR count). The normalized spacial score (nSPS) is 13.7. The molecular weight excluding hydrogens is 543 g/mol. The summed E-state index contributed by atoms with van der Waals surface area (Å²) in [6.07, 6.45) is 1.98. The average molecular weight is 567 g/mol. The first kappa shape index (κ1) is 26.7. The van der Waals surface area contributed by atoms with Gasteiger partial charge in [0.2, 0.25) is 0 Å². The molecule has 3 aromatic carbocycles. The molecule has 4 aromatic rings. The van der Waals surface area contributed by atoms with Gasteiger partial charge in [-0.25, -0.2) is 4.79 Å². The zero-order valence-corrected chi connectivity index (χ0v) is 22.1. The SMILES string of the molecule is O=C(N[C@@H](Cc1cccc(CO)c1)C(=O)O)c1c(Cl)cc2c(c1Cl)CCN(C(=O)c1ccc3ccoc3c1)C2. The number of furan rings is 1. The molecule has 1 aliphatic heterocycles. The number of hydrogen-bond acceptors (Lipinski definition) is 5. The standard InChI is InChI=1S/C29H24Cl2N2O6/c30-22-12-20-14-33(28(36)19-5-4-18-7-9-39-24(18)13-19)8-6-21(20)26(31)25(22)27(35)32-23(29(37)38)11-16-2-1-3-17(10-16)15-34/h1-5,7,9-10,12-13,23,34H,6,8,11,14-15H2,(H,32,35)(H,37,38)/t23-/m0/s1. The highest BCUT2D eigenvalue weighted by molar-refractivity contribution is 6.40. The van der Waals surface area contributed by atoms with Crippen LogP contribution in [0.1, 0.15) is 43.0 Å². The molecule has 0 radical (unpaired) electrons. The quantitative estimate of drug-likeness (QED) is 0.294. The molecule has 10 heteroatoms. The lowest BCUT2D eigenvalue weighted by atomic mass is 9.95. The van der Waals surface area contributed by atoms with Crippen molar-refractivity contribution in [2.24, 2.45) is 0 Å². The topological polar surface area (TPSA) is 120 Å². The maximum absolute atomic E-state index is 13.2. The molecule has 8 nitrogen and oxygen atoms in total. The first-order chi connectivity index (χ1) is 18.7. The molecule has 0 saturated carbocycles. The number of nitrogens with one attached hydrogen (secondary N) is 1. The van der Waals surface area contributed by atoms with E-state index in [0.717, 1.165) is 10.9 Å². The number of carbonyl (C=O) groups excluding carboxylic acids is 2. The van der Waals surface area contributed by atoms with Gasteiger partial charge in [0.25, 0.3) is 11.8 Å². The lowest BCUT2D eigenvalue weighted by Gasteiger charge is -2.30. The number of rotatable bonds is 7. The zero-order valence-electron chi connectivity index (χ0n) is 20.6. The summed E-state index contributed by atoms with van der Waals surface area (Å²) in [5, 5.41) is 22.7. The number of benzene rings is 3. The van der Waals surface area contributed by atoms with Gasteiger partial charge in [0.15, 0.2) is 0 Å². The van der Waals surface area contributed by atoms with E-state index in [1.165, 1.54) is 0 Å². The molecule has 2 heterocycles. The van der Waals surface area contributed by atoms with Crippen LogP contribution in [0.25, 0.3) is 11.0 Å². The Morgan fingerprint density at radius 2 is 1.85 bits per heavy atom. The Bertz CT molecular complexity index is 1600. The minimum Gasteiger partial charge on any atom is -0.480 e. The molecule has 1 atom stereocenters. The molecule has 3 N–H and O–H groups in total. The second-order valence-corrected chi connectivity index (χ2v) is 10.2. The number of aliphatic hydroxyl groups is 1. The van der Waals surface area contributed by atoms with Crippen molar-refractivity contribution in [1.29, 1.82) is 0 Å². The van der Waals surface area contributed by atoms with E-state index in [9.17, 15) is 24.6 Å². The molecule has 200 valence electrons. The molecule has 2 amide bonds. The number of amides is 2. The Kier molecular flexibility index (Phi) is 7.61. The summed E-state index contributed by atoms with van der Waals surface area (Å²) in [7, 11) is 0. The van der Waals surface area contributed by atoms with E-state index in [4.69, 9.17) is 27.6 Å². The smallest absolute Gasteiger partial charge is 0.326 e. The molecule has 0 aliphatic carbocycles. The fourth-order valence-electron chi connectivity index (χ4n) is 4.82. The van der Waals surface area contributed by atoms with Gasteiger partial charge in [-0.1, -0.05) is 53.5 Å². The van der Waals surface area contributed by atoms with Gasteiger partial charge in [-0.2, -0.15) is 0 Å². The van der Waals surface area contributed by atoms with Crippen LogP contribution < -0.4 is 5.32 Å². The number of fused-ring (bicyclic) bond motifs is 2. The second-order valence-electron chi connectivity index (χ2n) is 9.38. The molecule has 0 fully saturated rings. The third-order valence-corrected chi connectivity index (χ3v) is 7.55. The van der Waals surface area contributed by atoms with Gasteiger partial charge in [0, 0.05) is 30.5 Å². The molecular formula is C29H24Cl2N2O6. The number of nitrogens with zero attached hydrogens (tertiary/aromatic N) is 1. The van der Waals surface area contributed by atoms with Crippen molar-refractivity contribution in [2.75, 3.05) is 6.54 Å². The predicted octanol–water partition coefficient (Wildman–Crippen LogP) is 4.86. The van der Waals surface area contributed by atoms with Gasteiger partial charge in [-0.3, -0.25) is 9.59 Å². The van der Waals surface area contributed by atoms with Crippen LogP contribution in [-0.2, 0) is 30.8 Å². The van der Waals surface area contributed by atoms with Gasteiger partial charge >= 0.3 is 5.97 Å². The number of aliphatic carboxylic acids is 1. The number of aliphatic hydroxyl groups excluding tert-OH is 1. The third kappa shape index (κ3) is 5.49. The highest BCUT2D eigenvalue weighted by Gasteiger charge is 2.30. The van der Waals surface area contributed by atoms with Crippen LogP contribution in [-0.4, -0.2) is 45.5 Å². The largest absolute Gasteiger partial charge is 0.480 e. The van der Waals surface area contributed by atoms with E-state index in [1.54, 1.807) is 53.6 Å². The van der Waals surface area contributed by atoms with Crippen molar-refractivity contribution >= 4 is 52.0 Å². The number of carboxylic acids is 1. The summed E-state index contributed by atoms with van der Waals surface area (Å²) < 4.78 is 5.41. The van der Waals surface area contributed by atoms with Crippen molar-refractivity contribution in [3.63, 3.8) is 0 Å². The number of carbonyl (C=O) groups is 3. The average Bonchev–Trinajstić information content (AvgIpc) is 3.40. The van der Waals surface area contributed by atoms with Crippen LogP contribution in [0.2, 0.25) is 10.0 Å². The van der Waals surface area contributed by atoms with Crippen molar-refractivity contribution in [3.8, 4) is 0 Å². The van der Waals surface area contributed by atoms with E-state index in [0.29, 0.717) is 40.8 Å². The van der Waals surface area contributed by atoms with Crippen LogP contribution >= 0.6 is 23.2 Å². The third-order valence-electron chi connectivity index (χ3n) is 6.84. The molecule has 0 spiro atoms. The molecule has 1 aliphatic rings. The van der Waals surface area contributed by atoms with Crippen LogP contribution in [0.5, 0.6) is 0 Å². The Morgan fingerprint density at radius 1 is 1.05 bits per heavy atom. The summed E-state index contributed by atoms with van der Waals surface area (Å²) in [4.78, 5) is 40.0. The van der Waals surface area contributed by atoms with Gasteiger partial charge in [-0.05, 0) is 52.9 Å². The van der Waals surface area contributed by atoms with E-state index in [-0.39, 0.29) is 41.1 Å². The minimum atomic E-state index is -1.24. The number of carboxylic acid groups (broad SMARTS) is 1. The van der Waals surface area contributed by atoms with Crippen molar-refractivity contribution < 1.29 is 29.0 Å². The monoisotopic (exact) mass is 566 g/mol. The van der Waals surface area contributed by atoms with Gasteiger partial charge < -0.3 is 24.8 Å². The summed E-state index contributed by atoms with van der Waals surface area (Å²) in [6, 6.07) is 14.3. The maximum Gasteiger partial charge on any atom is 0.326 e. The molecule has 1 aromatic heterocycles. The zero-order chi connectivity index (χ0) is 27.7. The lowest BCUT2D eigenvalue weighted by molar-refractivity contribution is -0.139. The fraction of sp³-hybridized carbons (Fsp3) is 0.207. The lowest BCUT2D eigenvalue weighted by Crippen LogP contribution is -2.42. The summed E-state index contributed by atoms with van der Waals surface area (Å²) >= 11 is 13.1. The first-order valence-corrected chi connectivity index (χ1v) is 13.0. The molecule has 0 unspecified atom stereocenters. The highest BCUT2D eigenvalue weighted by Crippen LogP contribution is 2.35. The highest BCUT2D eigenvalue weighted by atomic mass is 35.5. The Balaban J connectivity index is 1.34. The van der Waals surface area contributed by atoms with Gasteiger partial charge in [0.05, 0.1) is 28.5 Å². The Morgan fingerprint density at radius 3 is 2.62 bits per heavy atom. The predicted molar refractivity (Wildman–Crippen MR) is 146 cm³/mol. The first-order valence-electron chi connectivity index (χ1n) is 12.2. The van der Waals surface area contributed by atoms with E-state index in [1.807, 2.05) is 12.1 Å². The van der Waals surface area contributed by atoms with E-state index in [2.05, 4.69) is 5.32 Å². The van der Waals surface area contributed by atoms with E-state index >= 15 is 0 Å². The number of halogens is 2. The minimum absolute atomic E-state index is 0.00418. The second kappa shape index (κ2) is 11.1. The van der Waals surface area contributed by atoms with Crippen LogP contribution in [0.15, 0.2) is 65.3 Å². The van der Waals surface area contributed by atoms with Crippen LogP contribution in [0.3, 0.4) is 0 Å². The van der Waals surface area contributed by atoms with Gasteiger partial charge in [-0.15, -0.1) is 0 Å². The summed E-state index contributed by atoms with van der Waals surface area (Å²) in [5.41, 5.74) is 3.82. The fourth-order valence-corrected chi connectivity index (χ4v) is 5.59. The summed E-state index contributed by atoms with van der Waals surface area (Å²) in [5.74, 6) is -2.09. The molecule has 0 saturated heterocycles. The van der Waals surface area contributed by atoms with Gasteiger partial charge in [0.1, 0.15) is 11.6 Å². The van der Waals surface area contributed by atoms with Crippen LogP contribution in [0, 0.1) is 0 Å². The van der Waals surface area contributed by atoms with Crippen molar-refractivity contribution in [1.82, 2.24) is 10.2 Å². The van der Waals surface area contributed by atoms with Crippen molar-refractivity contribution in [3.05, 3.63) is 104 Å². The molecule has 39 heavy (non-hydrogen) atoms. The van der Waals surface area contributed by atoms with E-state index < -0.39 is 17.9 Å². The Labute approximate surface area is 233 Å². The molecule has 0 bridgehead atoms. The maximum atomic E-state index is 13.2. The van der Waals surface area contributed by atoms with Crippen molar-refractivity contribution in [2.45, 2.75) is 32.0 Å². The number of hydrogen-bond donors (Lipinski definition) is 3. The van der Waals surface area contributed by atoms with Crippen LogP contribution in [0.4, 0.5) is 0 Å². The summed E-state index contributed by atoms with van der Waals surface area (Å²) in [6.45, 7) is 0.453.